The first-order valence-corrected chi connectivity index (χ1v) is 7.08. The highest BCUT2D eigenvalue weighted by molar-refractivity contribution is 7.91. The van der Waals surface area contributed by atoms with Crippen molar-refractivity contribution in [3.63, 3.8) is 0 Å². The van der Waals surface area contributed by atoms with Crippen molar-refractivity contribution in [2.75, 3.05) is 16.8 Å². The van der Waals surface area contributed by atoms with Gasteiger partial charge in [0.2, 0.25) is 0 Å². The van der Waals surface area contributed by atoms with Gasteiger partial charge in [0.05, 0.1) is 17.2 Å². The SMILES string of the molecule is O=S1(=O)CC[C@H](Nc2ccc(Cl)cc2F)C1. The first kappa shape index (κ1) is 11.7. The summed E-state index contributed by atoms with van der Waals surface area (Å²) in [6, 6.07) is 4.08. The van der Waals surface area contributed by atoms with Crippen molar-refractivity contribution in [2.24, 2.45) is 0 Å². The van der Waals surface area contributed by atoms with Crippen LogP contribution in [0.4, 0.5) is 10.1 Å². The van der Waals surface area contributed by atoms with Gasteiger partial charge in [-0.05, 0) is 24.6 Å². The van der Waals surface area contributed by atoms with Crippen LogP contribution in [0.1, 0.15) is 6.42 Å². The van der Waals surface area contributed by atoms with Gasteiger partial charge in [0.1, 0.15) is 5.82 Å². The molecule has 2 rings (SSSR count). The molecular weight excluding hydrogens is 253 g/mol. The Morgan fingerprint density at radius 1 is 1.44 bits per heavy atom. The second-order valence-corrected chi connectivity index (χ2v) is 6.53. The van der Waals surface area contributed by atoms with Gasteiger partial charge in [0.25, 0.3) is 0 Å². The molecule has 1 aromatic carbocycles. The van der Waals surface area contributed by atoms with Crippen molar-refractivity contribution in [3.05, 3.63) is 29.0 Å². The number of sulfone groups is 1. The zero-order valence-corrected chi connectivity index (χ0v) is 9.98. The Labute approximate surface area is 98.5 Å². The fourth-order valence-corrected chi connectivity index (χ4v) is 3.57. The third-order valence-corrected chi connectivity index (χ3v) is 4.53. The maximum Gasteiger partial charge on any atom is 0.152 e. The van der Waals surface area contributed by atoms with E-state index in [4.69, 9.17) is 11.6 Å². The van der Waals surface area contributed by atoms with E-state index in [1.165, 1.54) is 12.1 Å². The highest BCUT2D eigenvalue weighted by atomic mass is 35.5. The summed E-state index contributed by atoms with van der Waals surface area (Å²) < 4.78 is 35.8. The second-order valence-electron chi connectivity index (χ2n) is 3.87. The van der Waals surface area contributed by atoms with E-state index in [-0.39, 0.29) is 17.5 Å². The molecule has 0 spiro atoms. The van der Waals surface area contributed by atoms with Gasteiger partial charge in [-0.2, -0.15) is 0 Å². The lowest BCUT2D eigenvalue weighted by Gasteiger charge is -2.12. The van der Waals surface area contributed by atoms with Crippen molar-refractivity contribution in [1.82, 2.24) is 0 Å². The third-order valence-electron chi connectivity index (χ3n) is 2.52. The van der Waals surface area contributed by atoms with Crippen molar-refractivity contribution >= 4 is 27.1 Å². The Morgan fingerprint density at radius 2 is 2.19 bits per heavy atom. The van der Waals surface area contributed by atoms with Crippen molar-refractivity contribution < 1.29 is 12.8 Å². The molecule has 1 aliphatic heterocycles. The van der Waals surface area contributed by atoms with Gasteiger partial charge in [-0.3, -0.25) is 0 Å². The minimum atomic E-state index is -2.95. The van der Waals surface area contributed by atoms with Gasteiger partial charge in [-0.1, -0.05) is 11.6 Å². The van der Waals surface area contributed by atoms with E-state index in [9.17, 15) is 12.8 Å². The van der Waals surface area contributed by atoms with E-state index >= 15 is 0 Å². The molecule has 0 bridgehead atoms. The first-order valence-electron chi connectivity index (χ1n) is 4.88. The number of hydrogen-bond acceptors (Lipinski definition) is 3. The Kier molecular flexibility index (Phi) is 3.08. The number of benzene rings is 1. The molecule has 1 aromatic rings. The van der Waals surface area contributed by atoms with Crippen LogP contribution in [0.5, 0.6) is 0 Å². The summed E-state index contributed by atoms with van der Waals surface area (Å²) in [5.74, 6) is -0.230. The van der Waals surface area contributed by atoms with E-state index in [0.29, 0.717) is 17.1 Å². The normalized spacial score (nSPS) is 23.2. The standard InChI is InChI=1S/C10H11ClFNO2S/c11-7-1-2-10(9(12)5-7)13-8-3-4-16(14,15)6-8/h1-2,5,8,13H,3-4,6H2/t8-/m0/s1. The molecule has 0 saturated carbocycles. The van der Waals surface area contributed by atoms with Crippen molar-refractivity contribution in [1.29, 1.82) is 0 Å². The van der Waals surface area contributed by atoms with Crippen LogP contribution < -0.4 is 5.32 Å². The zero-order valence-electron chi connectivity index (χ0n) is 8.41. The molecule has 1 atom stereocenters. The summed E-state index contributed by atoms with van der Waals surface area (Å²) in [4.78, 5) is 0. The van der Waals surface area contributed by atoms with E-state index < -0.39 is 15.7 Å². The summed E-state index contributed by atoms with van der Waals surface area (Å²) in [5, 5.41) is 3.20. The van der Waals surface area contributed by atoms with Gasteiger partial charge in [-0.15, -0.1) is 0 Å². The maximum absolute atomic E-state index is 13.4. The number of nitrogens with one attached hydrogen (secondary N) is 1. The Hall–Kier alpha value is -0.810. The number of rotatable bonds is 2. The Balaban J connectivity index is 2.11. The lowest BCUT2D eigenvalue weighted by molar-refractivity contribution is 0.601. The third kappa shape index (κ3) is 2.65. The molecule has 1 heterocycles. The molecule has 0 amide bonds. The molecule has 0 radical (unpaired) electrons. The highest BCUT2D eigenvalue weighted by Gasteiger charge is 2.28. The fraction of sp³-hybridized carbons (Fsp3) is 0.400. The Bertz CT molecular complexity index is 504. The highest BCUT2D eigenvalue weighted by Crippen LogP contribution is 2.22. The molecule has 16 heavy (non-hydrogen) atoms. The number of anilines is 1. The van der Waals surface area contributed by atoms with Crippen LogP contribution in [-0.4, -0.2) is 26.0 Å². The topological polar surface area (TPSA) is 46.2 Å². The van der Waals surface area contributed by atoms with Crippen molar-refractivity contribution in [3.8, 4) is 0 Å². The maximum atomic E-state index is 13.4. The van der Waals surface area contributed by atoms with Gasteiger partial charge in [-0.25, -0.2) is 12.8 Å². The molecule has 1 N–H and O–H groups in total. The number of hydrogen-bond donors (Lipinski definition) is 1. The predicted molar refractivity (Wildman–Crippen MR) is 62.1 cm³/mol. The number of halogens is 2. The van der Waals surface area contributed by atoms with Gasteiger partial charge < -0.3 is 5.32 Å². The molecule has 0 unspecified atom stereocenters. The minimum Gasteiger partial charge on any atom is -0.379 e. The van der Waals surface area contributed by atoms with Crippen LogP contribution >= 0.6 is 11.6 Å². The van der Waals surface area contributed by atoms with E-state index in [2.05, 4.69) is 5.32 Å². The Morgan fingerprint density at radius 3 is 2.75 bits per heavy atom. The van der Waals surface area contributed by atoms with Crippen LogP contribution in [0, 0.1) is 5.82 Å². The summed E-state index contributed by atoms with van der Waals surface area (Å²) in [5.41, 5.74) is 0.298. The molecule has 1 fully saturated rings. The smallest absolute Gasteiger partial charge is 0.152 e. The minimum absolute atomic E-state index is 0.0646. The van der Waals surface area contributed by atoms with Crippen LogP contribution in [0.15, 0.2) is 18.2 Å². The van der Waals surface area contributed by atoms with E-state index in [1.54, 1.807) is 6.07 Å². The molecule has 1 saturated heterocycles. The fourth-order valence-electron chi connectivity index (χ4n) is 1.74. The average Bonchev–Trinajstić information content (AvgIpc) is 2.51. The molecule has 6 heteroatoms. The van der Waals surface area contributed by atoms with Crippen LogP contribution in [0.3, 0.4) is 0 Å². The summed E-state index contributed by atoms with van der Waals surface area (Å²) in [7, 11) is -2.95. The van der Waals surface area contributed by atoms with Gasteiger partial charge in [0, 0.05) is 11.1 Å². The van der Waals surface area contributed by atoms with E-state index in [1.807, 2.05) is 0 Å². The molecular formula is C10H11ClFNO2S. The van der Waals surface area contributed by atoms with Crippen LogP contribution in [0.25, 0.3) is 0 Å². The predicted octanol–water partition coefficient (Wildman–Crippen LogP) is 2.08. The summed E-state index contributed by atoms with van der Waals surface area (Å²) in [6.45, 7) is 0. The molecule has 0 aromatic heterocycles. The molecule has 3 nitrogen and oxygen atoms in total. The van der Waals surface area contributed by atoms with Gasteiger partial charge in [0.15, 0.2) is 9.84 Å². The second kappa shape index (κ2) is 4.22. The summed E-state index contributed by atoms with van der Waals surface area (Å²) in [6.07, 6.45) is 0.518. The lowest BCUT2D eigenvalue weighted by atomic mass is 10.2. The lowest BCUT2D eigenvalue weighted by Crippen LogP contribution is -2.21. The average molecular weight is 264 g/mol. The monoisotopic (exact) mass is 263 g/mol. The van der Waals surface area contributed by atoms with Gasteiger partial charge >= 0.3 is 0 Å². The van der Waals surface area contributed by atoms with E-state index in [0.717, 1.165) is 0 Å². The first-order chi connectivity index (χ1) is 7.46. The zero-order chi connectivity index (χ0) is 11.8. The van der Waals surface area contributed by atoms with Crippen molar-refractivity contribution in [2.45, 2.75) is 12.5 Å². The molecule has 88 valence electrons. The van der Waals surface area contributed by atoms with Crippen LogP contribution in [0.2, 0.25) is 5.02 Å². The quantitative estimate of drug-likeness (QED) is 0.889. The molecule has 0 aliphatic carbocycles. The molecule has 1 aliphatic rings. The summed E-state index contributed by atoms with van der Waals surface area (Å²) >= 11 is 5.62. The van der Waals surface area contributed by atoms with Crippen LogP contribution in [-0.2, 0) is 9.84 Å². The largest absolute Gasteiger partial charge is 0.379 e.